The van der Waals surface area contributed by atoms with Crippen LogP contribution >= 0.6 is 0 Å². The molecule has 6 heteroatoms. The smallest absolute Gasteiger partial charge is 0.270 e. The van der Waals surface area contributed by atoms with Crippen molar-refractivity contribution in [1.29, 1.82) is 0 Å². The molecule has 0 unspecified atom stereocenters. The van der Waals surface area contributed by atoms with Crippen LogP contribution in [0.25, 0.3) is 0 Å². The summed E-state index contributed by atoms with van der Waals surface area (Å²) in [4.78, 5) is 14.2. The van der Waals surface area contributed by atoms with Crippen molar-refractivity contribution in [3.8, 4) is 0 Å². The Morgan fingerprint density at radius 3 is 2.67 bits per heavy atom. The maximum atomic E-state index is 12.5. The zero-order chi connectivity index (χ0) is 15.4. The Hall–Kier alpha value is -1.43. The minimum atomic E-state index is -2.46. The van der Waals surface area contributed by atoms with Crippen LogP contribution in [-0.4, -0.2) is 48.0 Å². The highest BCUT2D eigenvalue weighted by Crippen LogP contribution is 2.23. The highest BCUT2D eigenvalue weighted by molar-refractivity contribution is 5.92. The van der Waals surface area contributed by atoms with Gasteiger partial charge in [0.05, 0.1) is 6.54 Å². The van der Waals surface area contributed by atoms with Crippen molar-refractivity contribution < 1.29 is 13.6 Å². The number of carbonyl (C=O) groups is 1. The summed E-state index contributed by atoms with van der Waals surface area (Å²) in [6, 6.07) is 3.96. The monoisotopic (exact) mass is 299 g/mol. The third-order valence-electron chi connectivity index (χ3n) is 4.36. The number of alkyl halides is 2. The maximum absolute atomic E-state index is 12.5. The average molecular weight is 299 g/mol. The Morgan fingerprint density at radius 1 is 1.43 bits per heavy atom. The van der Waals surface area contributed by atoms with Crippen LogP contribution in [0.1, 0.15) is 36.2 Å². The van der Waals surface area contributed by atoms with Crippen LogP contribution in [0.15, 0.2) is 18.3 Å². The van der Waals surface area contributed by atoms with E-state index in [0.717, 1.165) is 25.7 Å². The predicted octanol–water partition coefficient (Wildman–Crippen LogP) is 2.36. The number of hydrogen-bond acceptors (Lipinski definition) is 2. The van der Waals surface area contributed by atoms with Gasteiger partial charge >= 0.3 is 0 Å². The molecule has 1 aliphatic rings. The molecule has 2 rings (SSSR count). The number of hydrogen-bond donors (Lipinski definition) is 1. The Morgan fingerprint density at radius 2 is 2.10 bits per heavy atom. The molecule has 1 N–H and O–H groups in total. The second-order valence-electron chi connectivity index (χ2n) is 5.65. The second kappa shape index (κ2) is 7.02. The van der Waals surface area contributed by atoms with Crippen LogP contribution in [0.2, 0.25) is 0 Å². The molecule has 0 saturated heterocycles. The first-order chi connectivity index (χ1) is 10.0. The first-order valence-electron chi connectivity index (χ1n) is 7.40. The first kappa shape index (κ1) is 15.9. The number of rotatable bonds is 5. The fourth-order valence-electron chi connectivity index (χ4n) is 3.01. The minimum Gasteiger partial charge on any atom is -0.338 e. The van der Waals surface area contributed by atoms with E-state index in [0.29, 0.717) is 11.7 Å². The normalized spacial score (nSPS) is 22.5. The molecule has 0 bridgehead atoms. The van der Waals surface area contributed by atoms with Gasteiger partial charge in [-0.3, -0.25) is 4.79 Å². The topological polar surface area (TPSA) is 37.3 Å². The molecule has 4 nitrogen and oxygen atoms in total. The fraction of sp³-hybridized carbons (Fsp3) is 0.667. The van der Waals surface area contributed by atoms with Gasteiger partial charge in [-0.25, -0.2) is 8.78 Å². The molecule has 1 heterocycles. The highest BCUT2D eigenvalue weighted by Gasteiger charge is 2.27. The molecular formula is C15H23F2N3O. The molecule has 21 heavy (non-hydrogen) atoms. The van der Waals surface area contributed by atoms with Crippen molar-refractivity contribution in [3.05, 3.63) is 24.0 Å². The van der Waals surface area contributed by atoms with Gasteiger partial charge < -0.3 is 14.8 Å². The number of nitrogens with one attached hydrogen (secondary N) is 1. The lowest BCUT2D eigenvalue weighted by molar-refractivity contribution is 0.0666. The van der Waals surface area contributed by atoms with E-state index in [1.54, 1.807) is 24.1 Å². The summed E-state index contributed by atoms with van der Waals surface area (Å²) in [6.07, 6.45) is 3.05. The third-order valence-corrected chi connectivity index (χ3v) is 4.36. The lowest BCUT2D eigenvalue weighted by atomic mass is 9.90. The van der Waals surface area contributed by atoms with Crippen molar-refractivity contribution >= 4 is 5.91 Å². The van der Waals surface area contributed by atoms with E-state index >= 15 is 0 Å². The SMILES string of the molecule is CNC1CCC(N(C)C(=O)c2cccn2CC(F)F)CC1. The standard InChI is InChI=1S/C15H23F2N3O/c1-18-11-5-7-12(8-6-11)19(2)15(21)13-4-3-9-20(13)10-14(16)17/h3-4,9,11-12,14,18H,5-8,10H2,1-2H3. The van der Waals surface area contributed by atoms with Gasteiger partial charge in [-0.2, -0.15) is 0 Å². The predicted molar refractivity (Wildman–Crippen MR) is 77.6 cm³/mol. The largest absolute Gasteiger partial charge is 0.338 e. The van der Waals surface area contributed by atoms with E-state index in [1.165, 1.54) is 10.8 Å². The van der Waals surface area contributed by atoms with E-state index in [-0.39, 0.29) is 11.9 Å². The molecule has 0 atom stereocenters. The fourth-order valence-corrected chi connectivity index (χ4v) is 3.01. The van der Waals surface area contributed by atoms with Crippen molar-refractivity contribution in [2.24, 2.45) is 0 Å². The quantitative estimate of drug-likeness (QED) is 0.906. The lowest BCUT2D eigenvalue weighted by Gasteiger charge is -2.34. The van der Waals surface area contributed by atoms with Crippen LogP contribution in [0.3, 0.4) is 0 Å². The number of amides is 1. The summed E-state index contributed by atoms with van der Waals surface area (Å²) >= 11 is 0. The van der Waals surface area contributed by atoms with Gasteiger partial charge in [0.2, 0.25) is 0 Å². The number of halogens is 2. The van der Waals surface area contributed by atoms with Crippen LogP contribution in [-0.2, 0) is 6.54 Å². The van der Waals surface area contributed by atoms with Gasteiger partial charge in [0, 0.05) is 25.3 Å². The second-order valence-corrected chi connectivity index (χ2v) is 5.65. The van der Waals surface area contributed by atoms with Gasteiger partial charge in [-0.1, -0.05) is 0 Å². The Kier molecular flexibility index (Phi) is 5.33. The summed E-state index contributed by atoms with van der Waals surface area (Å²) in [7, 11) is 3.73. The summed E-state index contributed by atoms with van der Waals surface area (Å²) in [5.41, 5.74) is 0.341. The molecule has 0 aliphatic heterocycles. The van der Waals surface area contributed by atoms with E-state index in [1.807, 2.05) is 7.05 Å². The molecule has 1 aliphatic carbocycles. The molecule has 0 spiro atoms. The summed E-state index contributed by atoms with van der Waals surface area (Å²) in [5, 5.41) is 3.26. The molecule has 1 aromatic rings. The van der Waals surface area contributed by atoms with Gasteiger partial charge in [0.15, 0.2) is 0 Å². The molecule has 118 valence electrons. The Labute approximate surface area is 124 Å². The minimum absolute atomic E-state index is 0.173. The summed E-state index contributed by atoms with van der Waals surface area (Å²) < 4.78 is 26.4. The lowest BCUT2D eigenvalue weighted by Crippen LogP contribution is -2.43. The number of aromatic nitrogens is 1. The number of carbonyl (C=O) groups excluding carboxylic acids is 1. The van der Waals surface area contributed by atoms with Gasteiger partial charge in [0.25, 0.3) is 12.3 Å². The van der Waals surface area contributed by atoms with Crippen LogP contribution in [0.5, 0.6) is 0 Å². The van der Waals surface area contributed by atoms with Crippen LogP contribution < -0.4 is 5.32 Å². The molecule has 1 aromatic heterocycles. The van der Waals surface area contributed by atoms with Crippen LogP contribution in [0, 0.1) is 0 Å². The third kappa shape index (κ3) is 3.81. The zero-order valence-electron chi connectivity index (χ0n) is 12.6. The van der Waals surface area contributed by atoms with E-state index < -0.39 is 13.0 Å². The molecule has 0 aromatic carbocycles. The van der Waals surface area contributed by atoms with Crippen molar-refractivity contribution in [2.75, 3.05) is 14.1 Å². The highest BCUT2D eigenvalue weighted by atomic mass is 19.3. The maximum Gasteiger partial charge on any atom is 0.270 e. The molecule has 1 fully saturated rings. The van der Waals surface area contributed by atoms with E-state index in [4.69, 9.17) is 0 Å². The molecule has 1 amide bonds. The Bertz CT molecular complexity index is 467. The van der Waals surface area contributed by atoms with Gasteiger partial charge in [-0.05, 0) is 44.9 Å². The molecular weight excluding hydrogens is 276 g/mol. The first-order valence-corrected chi connectivity index (χ1v) is 7.40. The van der Waals surface area contributed by atoms with E-state index in [2.05, 4.69) is 5.32 Å². The van der Waals surface area contributed by atoms with Crippen molar-refractivity contribution in [1.82, 2.24) is 14.8 Å². The summed E-state index contributed by atoms with van der Waals surface area (Å²) in [6.45, 7) is -0.436. The van der Waals surface area contributed by atoms with Crippen LogP contribution in [0.4, 0.5) is 8.78 Å². The average Bonchev–Trinajstić information content (AvgIpc) is 2.93. The Balaban J connectivity index is 2.01. The van der Waals surface area contributed by atoms with Crippen molar-refractivity contribution in [2.45, 2.75) is 50.7 Å². The van der Waals surface area contributed by atoms with Crippen molar-refractivity contribution in [3.63, 3.8) is 0 Å². The van der Waals surface area contributed by atoms with Gasteiger partial charge in [-0.15, -0.1) is 0 Å². The van der Waals surface area contributed by atoms with Gasteiger partial charge in [0.1, 0.15) is 5.69 Å². The zero-order valence-corrected chi connectivity index (χ0v) is 12.6. The number of nitrogens with zero attached hydrogens (tertiary/aromatic N) is 2. The van der Waals surface area contributed by atoms with E-state index in [9.17, 15) is 13.6 Å². The molecule has 1 saturated carbocycles. The summed E-state index contributed by atoms with van der Waals surface area (Å²) in [5.74, 6) is -0.173. The molecule has 0 radical (unpaired) electrons.